The molecule has 0 bridgehead atoms. The number of amides is 1. The number of fused-ring (bicyclic) bond motifs is 1. The number of hydrogen-bond donors (Lipinski definition) is 2. The molecule has 0 saturated heterocycles. The Morgan fingerprint density at radius 1 is 1.41 bits per heavy atom. The minimum Gasteiger partial charge on any atom is -0.438 e. The monoisotopic (exact) mass is 233 g/mol. The predicted octanol–water partition coefficient (Wildman–Crippen LogP) is 0.919. The van der Waals surface area contributed by atoms with Gasteiger partial charge in [-0.25, -0.2) is 0 Å². The van der Waals surface area contributed by atoms with Crippen LogP contribution in [-0.2, 0) is 0 Å². The molecule has 0 fully saturated rings. The zero-order chi connectivity index (χ0) is 12.6. The van der Waals surface area contributed by atoms with Gasteiger partial charge >= 0.3 is 0 Å². The number of nitro benzene ring substituents is 1. The molecule has 2 rings (SSSR count). The number of rotatable bonds is 2. The van der Waals surface area contributed by atoms with Gasteiger partial charge in [0.25, 0.3) is 11.6 Å². The highest BCUT2D eigenvalue weighted by Gasteiger charge is 2.11. The maximum Gasteiger partial charge on any atom is 0.270 e. The molecular weight excluding hydrogens is 226 g/mol. The van der Waals surface area contributed by atoms with E-state index in [1.165, 1.54) is 24.3 Å². The summed E-state index contributed by atoms with van der Waals surface area (Å²) in [5, 5.41) is 18.3. The fourth-order valence-electron chi connectivity index (χ4n) is 1.42. The van der Waals surface area contributed by atoms with E-state index in [1.54, 1.807) is 0 Å². The third-order valence-corrected chi connectivity index (χ3v) is 2.23. The molecular formula is C10H7N3O4. The number of carbonyl (C=O) groups excluding carboxylic acids is 1. The molecule has 2 aromatic rings. The van der Waals surface area contributed by atoms with Gasteiger partial charge in [-0.2, -0.15) is 0 Å². The summed E-state index contributed by atoms with van der Waals surface area (Å²) in [7, 11) is 0. The van der Waals surface area contributed by atoms with Crippen molar-refractivity contribution in [2.24, 2.45) is 5.73 Å². The number of hydrogen-bond acceptors (Lipinski definition) is 5. The summed E-state index contributed by atoms with van der Waals surface area (Å²) in [4.78, 5) is 21.0. The fourth-order valence-corrected chi connectivity index (χ4v) is 1.42. The molecule has 86 valence electrons. The summed E-state index contributed by atoms with van der Waals surface area (Å²) in [6, 6.07) is 5.19. The Balaban J connectivity index is 2.77. The second-order valence-corrected chi connectivity index (χ2v) is 3.33. The first-order valence-corrected chi connectivity index (χ1v) is 4.56. The Labute approximate surface area is 94.1 Å². The van der Waals surface area contributed by atoms with Crippen molar-refractivity contribution in [1.82, 2.24) is 0 Å². The summed E-state index contributed by atoms with van der Waals surface area (Å²) < 4.78 is 5.03. The molecule has 3 N–H and O–H groups in total. The molecule has 0 aliphatic carbocycles. The van der Waals surface area contributed by atoms with Gasteiger partial charge in [-0.05, 0) is 12.1 Å². The lowest BCUT2D eigenvalue weighted by Gasteiger charge is -2.00. The van der Waals surface area contributed by atoms with Gasteiger partial charge in [0.15, 0.2) is 0 Å². The zero-order valence-electron chi connectivity index (χ0n) is 8.47. The Hall–Kier alpha value is -2.70. The molecule has 0 aliphatic heterocycles. The zero-order valence-corrected chi connectivity index (χ0v) is 8.47. The quantitative estimate of drug-likeness (QED) is 0.591. The average Bonchev–Trinajstić information content (AvgIpc) is 2.27. The SMILES string of the molecule is N=c1oc2ccc([N+](=O)[O-])cc2cc1C(N)=O. The van der Waals surface area contributed by atoms with Crippen LogP contribution in [0.4, 0.5) is 5.69 Å². The van der Waals surface area contributed by atoms with Crippen LogP contribution in [0, 0.1) is 15.5 Å². The maximum atomic E-state index is 11.0. The van der Waals surface area contributed by atoms with Crippen LogP contribution in [0.1, 0.15) is 10.4 Å². The van der Waals surface area contributed by atoms with E-state index in [0.717, 1.165) is 0 Å². The molecule has 1 amide bonds. The number of nitrogens with zero attached hydrogens (tertiary/aromatic N) is 1. The van der Waals surface area contributed by atoms with Crippen LogP contribution in [0.15, 0.2) is 28.7 Å². The molecule has 1 heterocycles. The Kier molecular flexibility index (Phi) is 2.36. The number of benzene rings is 1. The smallest absolute Gasteiger partial charge is 0.270 e. The molecule has 1 aromatic carbocycles. The number of nitro groups is 1. The first-order chi connectivity index (χ1) is 7.99. The molecule has 0 aliphatic rings. The van der Waals surface area contributed by atoms with E-state index in [2.05, 4.69) is 0 Å². The molecule has 17 heavy (non-hydrogen) atoms. The van der Waals surface area contributed by atoms with Crippen LogP contribution in [0.25, 0.3) is 11.0 Å². The Morgan fingerprint density at radius 2 is 2.12 bits per heavy atom. The highest BCUT2D eigenvalue weighted by molar-refractivity contribution is 5.95. The van der Waals surface area contributed by atoms with E-state index in [1.807, 2.05) is 0 Å². The van der Waals surface area contributed by atoms with E-state index in [4.69, 9.17) is 15.6 Å². The summed E-state index contributed by atoms with van der Waals surface area (Å²) in [5.74, 6) is -0.813. The third kappa shape index (κ3) is 1.85. The number of primary amides is 1. The second kappa shape index (κ2) is 3.71. The van der Waals surface area contributed by atoms with Crippen LogP contribution in [0.2, 0.25) is 0 Å². The molecule has 7 heteroatoms. The van der Waals surface area contributed by atoms with Crippen molar-refractivity contribution < 1.29 is 14.1 Å². The average molecular weight is 233 g/mol. The lowest BCUT2D eigenvalue weighted by atomic mass is 10.1. The van der Waals surface area contributed by atoms with E-state index in [9.17, 15) is 14.9 Å². The Bertz CT molecular complexity index is 690. The van der Waals surface area contributed by atoms with Crippen molar-refractivity contribution in [2.75, 3.05) is 0 Å². The topological polar surface area (TPSA) is 123 Å². The summed E-state index contributed by atoms with van der Waals surface area (Å²) in [5.41, 5.74) is 4.73. The summed E-state index contributed by atoms with van der Waals surface area (Å²) in [6.07, 6.45) is 0. The lowest BCUT2D eigenvalue weighted by molar-refractivity contribution is -0.384. The van der Waals surface area contributed by atoms with Gasteiger partial charge in [0.1, 0.15) is 11.1 Å². The van der Waals surface area contributed by atoms with Gasteiger partial charge in [-0.1, -0.05) is 0 Å². The lowest BCUT2D eigenvalue weighted by Crippen LogP contribution is -2.20. The van der Waals surface area contributed by atoms with Gasteiger partial charge in [0.05, 0.1) is 4.92 Å². The van der Waals surface area contributed by atoms with Gasteiger partial charge in [-0.3, -0.25) is 20.3 Å². The number of non-ortho nitro benzene ring substituents is 1. The standard InChI is InChI=1S/C10H7N3O4/c11-9(14)7-4-5-3-6(13(15)16)1-2-8(5)17-10(7)12/h1-4,12H,(H2,11,14). The van der Waals surface area contributed by atoms with Crippen LogP contribution >= 0.6 is 0 Å². The van der Waals surface area contributed by atoms with Crippen molar-refractivity contribution in [1.29, 1.82) is 5.41 Å². The van der Waals surface area contributed by atoms with Crippen molar-refractivity contribution in [3.8, 4) is 0 Å². The minimum absolute atomic E-state index is 0.113. The fraction of sp³-hybridized carbons (Fsp3) is 0. The number of nitrogens with one attached hydrogen (secondary N) is 1. The van der Waals surface area contributed by atoms with Gasteiger partial charge in [-0.15, -0.1) is 0 Å². The highest BCUT2D eigenvalue weighted by Crippen LogP contribution is 2.20. The van der Waals surface area contributed by atoms with Gasteiger partial charge in [0.2, 0.25) is 5.55 Å². The first kappa shape index (κ1) is 10.8. The van der Waals surface area contributed by atoms with E-state index >= 15 is 0 Å². The largest absolute Gasteiger partial charge is 0.438 e. The van der Waals surface area contributed by atoms with E-state index in [-0.39, 0.29) is 22.4 Å². The summed E-state index contributed by atoms with van der Waals surface area (Å²) in [6.45, 7) is 0. The molecule has 0 spiro atoms. The molecule has 1 aromatic heterocycles. The Morgan fingerprint density at radius 3 is 2.71 bits per heavy atom. The van der Waals surface area contributed by atoms with Crippen LogP contribution < -0.4 is 11.3 Å². The van der Waals surface area contributed by atoms with Gasteiger partial charge < -0.3 is 10.2 Å². The summed E-state index contributed by atoms with van der Waals surface area (Å²) >= 11 is 0. The molecule has 0 atom stereocenters. The van der Waals surface area contributed by atoms with Crippen LogP contribution in [0.5, 0.6) is 0 Å². The van der Waals surface area contributed by atoms with Crippen LogP contribution in [0.3, 0.4) is 0 Å². The van der Waals surface area contributed by atoms with Crippen molar-refractivity contribution in [2.45, 2.75) is 0 Å². The first-order valence-electron chi connectivity index (χ1n) is 4.56. The molecule has 0 saturated carbocycles. The van der Waals surface area contributed by atoms with Crippen molar-refractivity contribution >= 4 is 22.6 Å². The molecule has 0 radical (unpaired) electrons. The second-order valence-electron chi connectivity index (χ2n) is 3.33. The maximum absolute atomic E-state index is 11.0. The van der Waals surface area contributed by atoms with Crippen molar-refractivity contribution in [3.63, 3.8) is 0 Å². The van der Waals surface area contributed by atoms with E-state index in [0.29, 0.717) is 5.39 Å². The highest BCUT2D eigenvalue weighted by atomic mass is 16.6. The third-order valence-electron chi connectivity index (χ3n) is 2.23. The molecule has 0 unspecified atom stereocenters. The predicted molar refractivity (Wildman–Crippen MR) is 57.2 cm³/mol. The minimum atomic E-state index is -0.813. The number of carbonyl (C=O) groups is 1. The number of nitrogens with two attached hydrogens (primary N) is 1. The van der Waals surface area contributed by atoms with Gasteiger partial charge in [0, 0.05) is 17.5 Å². The normalized spacial score (nSPS) is 10.4. The van der Waals surface area contributed by atoms with Crippen molar-refractivity contribution in [3.05, 3.63) is 45.5 Å². The van der Waals surface area contributed by atoms with E-state index < -0.39 is 10.8 Å². The van der Waals surface area contributed by atoms with Crippen LogP contribution in [-0.4, -0.2) is 10.8 Å². The molecule has 7 nitrogen and oxygen atoms in total.